The second-order valence-corrected chi connectivity index (χ2v) is 4.24. The Morgan fingerprint density at radius 3 is 2.58 bits per heavy atom. The Labute approximate surface area is 112 Å². The molecule has 7 heteroatoms. The Kier molecular flexibility index (Phi) is 2.85. The number of aromatic amines is 1. The van der Waals surface area contributed by atoms with Crippen LogP contribution in [0.15, 0.2) is 46.6 Å². The molecule has 0 amide bonds. The number of nitrogens with one attached hydrogen (secondary N) is 1. The van der Waals surface area contributed by atoms with Crippen LogP contribution in [-0.4, -0.2) is 20.5 Å². The van der Waals surface area contributed by atoms with Crippen LogP contribution in [0, 0.1) is 0 Å². The van der Waals surface area contributed by atoms with Crippen LogP contribution >= 0.6 is 11.6 Å². The molecule has 0 bridgehead atoms. The van der Waals surface area contributed by atoms with Crippen molar-refractivity contribution in [2.24, 2.45) is 10.2 Å². The Morgan fingerprint density at radius 1 is 1.00 bits per heavy atom. The van der Waals surface area contributed by atoms with Crippen LogP contribution in [0.1, 0.15) is 0 Å². The number of aromatic nitrogens is 3. The Hall–Kier alpha value is -2.47. The van der Waals surface area contributed by atoms with Gasteiger partial charge in [0.1, 0.15) is 16.8 Å². The fourth-order valence-corrected chi connectivity index (χ4v) is 1.73. The summed E-state index contributed by atoms with van der Waals surface area (Å²) in [6, 6.07) is 10.0. The number of aromatic hydroxyl groups is 1. The average Bonchev–Trinajstić information content (AvgIpc) is 2.88. The molecule has 1 aromatic heterocycles. The number of fused-ring (bicyclic) bond motifs is 1. The van der Waals surface area contributed by atoms with Crippen LogP contribution in [0.5, 0.6) is 5.75 Å². The minimum absolute atomic E-state index is 0.000821. The number of halogens is 1. The lowest BCUT2D eigenvalue weighted by Crippen LogP contribution is -1.73. The minimum atomic E-state index is -0.000821. The van der Waals surface area contributed by atoms with E-state index < -0.39 is 0 Å². The van der Waals surface area contributed by atoms with Gasteiger partial charge in [0.15, 0.2) is 5.69 Å². The molecule has 0 fully saturated rings. The van der Waals surface area contributed by atoms with E-state index in [4.69, 9.17) is 11.6 Å². The standard InChI is InChI=1S/C12H8ClN5O/c13-7-1-3-8(4-2-7)14-16-12-10(19)6-5-9-11(12)17-18-15-9/h1-6,19H,(H,15,17,18). The zero-order valence-electron chi connectivity index (χ0n) is 9.58. The fourth-order valence-electron chi connectivity index (χ4n) is 1.60. The van der Waals surface area contributed by atoms with Gasteiger partial charge in [-0.15, -0.1) is 5.11 Å². The van der Waals surface area contributed by atoms with Crippen molar-refractivity contribution in [3.05, 3.63) is 41.4 Å². The Morgan fingerprint density at radius 2 is 1.79 bits per heavy atom. The number of hydrogen-bond acceptors (Lipinski definition) is 5. The molecular formula is C12H8ClN5O. The summed E-state index contributed by atoms with van der Waals surface area (Å²) in [5, 5.41) is 28.8. The second-order valence-electron chi connectivity index (χ2n) is 3.80. The van der Waals surface area contributed by atoms with Crippen molar-refractivity contribution >= 4 is 34.0 Å². The molecule has 0 spiro atoms. The maximum Gasteiger partial charge on any atom is 0.157 e. The van der Waals surface area contributed by atoms with Gasteiger partial charge in [0, 0.05) is 5.02 Å². The normalized spacial score (nSPS) is 11.4. The summed E-state index contributed by atoms with van der Waals surface area (Å²) >= 11 is 5.78. The molecule has 0 unspecified atom stereocenters. The molecule has 2 aromatic carbocycles. The van der Waals surface area contributed by atoms with Gasteiger partial charge in [0.2, 0.25) is 0 Å². The van der Waals surface area contributed by atoms with E-state index in [0.717, 1.165) is 0 Å². The van der Waals surface area contributed by atoms with Crippen LogP contribution in [0.4, 0.5) is 11.4 Å². The molecule has 94 valence electrons. The molecule has 0 aliphatic carbocycles. The first kappa shape index (κ1) is 11.6. The number of phenolic OH excluding ortho intramolecular Hbond substituents is 1. The van der Waals surface area contributed by atoms with E-state index >= 15 is 0 Å². The van der Waals surface area contributed by atoms with Crippen LogP contribution in [0.2, 0.25) is 5.02 Å². The SMILES string of the molecule is Oc1ccc2n[nH]nc2c1N=Nc1ccc(Cl)cc1. The maximum absolute atomic E-state index is 9.79. The molecule has 0 radical (unpaired) electrons. The summed E-state index contributed by atoms with van der Waals surface area (Å²) in [6.45, 7) is 0. The summed E-state index contributed by atoms with van der Waals surface area (Å²) in [5.41, 5.74) is 1.99. The molecule has 0 aliphatic heterocycles. The van der Waals surface area contributed by atoms with Gasteiger partial charge in [-0.3, -0.25) is 0 Å². The van der Waals surface area contributed by atoms with Crippen molar-refractivity contribution in [3.63, 3.8) is 0 Å². The molecule has 0 saturated carbocycles. The van der Waals surface area contributed by atoms with Crippen molar-refractivity contribution in [2.45, 2.75) is 0 Å². The molecule has 0 saturated heterocycles. The highest BCUT2D eigenvalue weighted by molar-refractivity contribution is 6.30. The van der Waals surface area contributed by atoms with Crippen LogP contribution in [0.25, 0.3) is 11.0 Å². The van der Waals surface area contributed by atoms with Crippen LogP contribution in [0.3, 0.4) is 0 Å². The van der Waals surface area contributed by atoms with Gasteiger partial charge in [-0.1, -0.05) is 11.6 Å². The topological polar surface area (TPSA) is 86.5 Å². The molecule has 3 aromatic rings. The smallest absolute Gasteiger partial charge is 0.157 e. The Bertz CT molecular complexity index is 750. The Balaban J connectivity index is 2.03. The fraction of sp³-hybridized carbons (Fsp3) is 0. The van der Waals surface area contributed by atoms with Crippen molar-refractivity contribution < 1.29 is 5.11 Å². The summed E-state index contributed by atoms with van der Waals surface area (Å²) in [4.78, 5) is 0. The summed E-state index contributed by atoms with van der Waals surface area (Å²) in [7, 11) is 0. The lowest BCUT2D eigenvalue weighted by atomic mass is 10.2. The first-order valence-electron chi connectivity index (χ1n) is 5.44. The van der Waals surface area contributed by atoms with Crippen molar-refractivity contribution in [2.75, 3.05) is 0 Å². The summed E-state index contributed by atoms with van der Waals surface area (Å²) < 4.78 is 0. The average molecular weight is 274 g/mol. The van der Waals surface area contributed by atoms with Gasteiger partial charge in [-0.25, -0.2) is 0 Å². The molecular weight excluding hydrogens is 266 g/mol. The highest BCUT2D eigenvalue weighted by Crippen LogP contribution is 2.33. The predicted molar refractivity (Wildman–Crippen MR) is 71.2 cm³/mol. The van der Waals surface area contributed by atoms with Gasteiger partial charge in [0.25, 0.3) is 0 Å². The van der Waals surface area contributed by atoms with Gasteiger partial charge >= 0.3 is 0 Å². The third-order valence-electron chi connectivity index (χ3n) is 2.53. The zero-order valence-corrected chi connectivity index (χ0v) is 10.3. The largest absolute Gasteiger partial charge is 0.506 e. The van der Waals surface area contributed by atoms with E-state index in [-0.39, 0.29) is 11.4 Å². The number of nitrogens with zero attached hydrogens (tertiary/aromatic N) is 4. The van der Waals surface area contributed by atoms with Gasteiger partial charge in [-0.05, 0) is 36.4 Å². The van der Waals surface area contributed by atoms with E-state index in [0.29, 0.717) is 21.7 Å². The lowest BCUT2D eigenvalue weighted by molar-refractivity contribution is 0.477. The lowest BCUT2D eigenvalue weighted by Gasteiger charge is -1.97. The first-order valence-corrected chi connectivity index (χ1v) is 5.81. The van der Waals surface area contributed by atoms with E-state index in [1.807, 2.05) is 0 Å². The molecule has 3 rings (SSSR count). The number of azo groups is 1. The van der Waals surface area contributed by atoms with Gasteiger partial charge < -0.3 is 5.11 Å². The van der Waals surface area contributed by atoms with E-state index in [2.05, 4.69) is 25.6 Å². The highest BCUT2D eigenvalue weighted by atomic mass is 35.5. The summed E-state index contributed by atoms with van der Waals surface area (Å²) in [6.07, 6.45) is 0. The quantitative estimate of drug-likeness (QED) is 0.697. The number of phenols is 1. The van der Waals surface area contributed by atoms with Crippen molar-refractivity contribution in [3.8, 4) is 5.75 Å². The molecule has 0 atom stereocenters. The van der Waals surface area contributed by atoms with E-state index in [1.54, 1.807) is 30.3 Å². The molecule has 1 heterocycles. The summed E-state index contributed by atoms with van der Waals surface area (Å²) in [5.74, 6) is -0.000821. The van der Waals surface area contributed by atoms with Gasteiger partial charge in [0.05, 0.1) is 5.69 Å². The number of rotatable bonds is 2. The number of H-pyrrole nitrogens is 1. The molecule has 6 nitrogen and oxygen atoms in total. The number of benzene rings is 2. The molecule has 19 heavy (non-hydrogen) atoms. The minimum Gasteiger partial charge on any atom is -0.506 e. The maximum atomic E-state index is 9.79. The molecule has 0 aliphatic rings. The predicted octanol–water partition coefficient (Wildman–Crippen LogP) is 3.73. The van der Waals surface area contributed by atoms with E-state index in [9.17, 15) is 5.11 Å². The van der Waals surface area contributed by atoms with Crippen LogP contribution < -0.4 is 0 Å². The zero-order chi connectivity index (χ0) is 13.2. The second kappa shape index (κ2) is 4.66. The van der Waals surface area contributed by atoms with E-state index in [1.165, 1.54) is 6.07 Å². The first-order chi connectivity index (χ1) is 9.24. The van der Waals surface area contributed by atoms with Crippen LogP contribution in [-0.2, 0) is 0 Å². The van der Waals surface area contributed by atoms with Crippen molar-refractivity contribution in [1.29, 1.82) is 0 Å². The third kappa shape index (κ3) is 2.25. The van der Waals surface area contributed by atoms with Gasteiger partial charge in [-0.2, -0.15) is 20.5 Å². The third-order valence-corrected chi connectivity index (χ3v) is 2.78. The number of hydrogen-bond donors (Lipinski definition) is 2. The molecule has 2 N–H and O–H groups in total. The highest BCUT2D eigenvalue weighted by Gasteiger charge is 2.09. The monoisotopic (exact) mass is 273 g/mol. The van der Waals surface area contributed by atoms with Crippen molar-refractivity contribution in [1.82, 2.24) is 15.4 Å².